The molecule has 0 spiro atoms. The molecule has 98 valence electrons. The van der Waals surface area contributed by atoms with Crippen molar-refractivity contribution in [1.82, 2.24) is 4.98 Å². The molecule has 0 radical (unpaired) electrons. The molecular weight excluding hydrogens is 258 g/mol. The first-order valence-corrected chi connectivity index (χ1v) is 5.37. The summed E-state index contributed by atoms with van der Waals surface area (Å²) in [5, 5.41) is 18.4. The fourth-order valence-electron chi connectivity index (χ4n) is 1.74. The van der Waals surface area contributed by atoms with Crippen molar-refractivity contribution in [2.24, 2.45) is 0 Å². The number of hydrogen-bond acceptors (Lipinski definition) is 3. The third kappa shape index (κ3) is 2.94. The third-order valence-electron chi connectivity index (χ3n) is 2.63. The number of halogens is 3. The highest BCUT2D eigenvalue weighted by molar-refractivity contribution is 6.60. The predicted octanol–water partition coefficient (Wildman–Crippen LogP) is 1.45. The molecule has 2 rings (SSSR count). The van der Waals surface area contributed by atoms with Gasteiger partial charge in [0.2, 0.25) is 0 Å². The van der Waals surface area contributed by atoms with Gasteiger partial charge in [-0.25, -0.2) is 0 Å². The second kappa shape index (κ2) is 5.03. The van der Waals surface area contributed by atoms with E-state index in [1.165, 1.54) is 30.6 Å². The van der Waals surface area contributed by atoms with E-state index in [-0.39, 0.29) is 11.0 Å². The number of hydrogen-bond donors (Lipinski definition) is 2. The van der Waals surface area contributed by atoms with Crippen molar-refractivity contribution in [2.45, 2.75) is 6.18 Å². The largest absolute Gasteiger partial charge is 0.490 e. The van der Waals surface area contributed by atoms with Crippen molar-refractivity contribution in [3.05, 3.63) is 48.3 Å². The smallest absolute Gasteiger partial charge is 0.423 e. The van der Waals surface area contributed by atoms with Crippen LogP contribution in [0.5, 0.6) is 0 Å². The van der Waals surface area contributed by atoms with Crippen LogP contribution < -0.4 is 5.46 Å². The summed E-state index contributed by atoms with van der Waals surface area (Å²) in [7, 11) is -1.79. The molecule has 1 heterocycles. The van der Waals surface area contributed by atoms with Crippen LogP contribution in [0.3, 0.4) is 0 Å². The van der Waals surface area contributed by atoms with Crippen molar-refractivity contribution < 1.29 is 23.2 Å². The minimum Gasteiger partial charge on any atom is -0.423 e. The van der Waals surface area contributed by atoms with E-state index in [0.29, 0.717) is 5.56 Å². The van der Waals surface area contributed by atoms with Gasteiger partial charge in [-0.05, 0) is 29.3 Å². The zero-order chi connectivity index (χ0) is 14.0. The molecule has 1 aromatic carbocycles. The van der Waals surface area contributed by atoms with Gasteiger partial charge in [-0.15, -0.1) is 0 Å². The van der Waals surface area contributed by atoms with Gasteiger partial charge < -0.3 is 10.0 Å². The van der Waals surface area contributed by atoms with Crippen molar-refractivity contribution >= 4 is 12.6 Å². The van der Waals surface area contributed by atoms with E-state index in [1.54, 1.807) is 0 Å². The highest BCUT2D eigenvalue weighted by Gasteiger charge is 2.30. The predicted molar refractivity (Wildman–Crippen MR) is 64.5 cm³/mol. The Bertz CT molecular complexity index is 587. The highest BCUT2D eigenvalue weighted by Crippen LogP contribution is 2.31. The van der Waals surface area contributed by atoms with E-state index in [9.17, 15) is 23.2 Å². The molecule has 7 heteroatoms. The average Bonchev–Trinajstić information content (AvgIpc) is 2.38. The molecule has 0 fully saturated rings. The number of benzene rings is 1. The second-order valence-corrected chi connectivity index (χ2v) is 3.92. The summed E-state index contributed by atoms with van der Waals surface area (Å²) >= 11 is 0. The fraction of sp³-hybridized carbons (Fsp3) is 0.0833. The molecule has 2 aromatic rings. The first-order valence-electron chi connectivity index (χ1n) is 5.37. The minimum absolute atomic E-state index is 0.0572. The van der Waals surface area contributed by atoms with Crippen LogP contribution in [-0.4, -0.2) is 22.2 Å². The summed E-state index contributed by atoms with van der Waals surface area (Å²) in [5.41, 5.74) is -0.182. The van der Waals surface area contributed by atoms with Crippen LogP contribution in [0.1, 0.15) is 5.56 Å². The third-order valence-corrected chi connectivity index (χ3v) is 2.63. The molecule has 0 saturated carbocycles. The molecule has 0 saturated heterocycles. The molecule has 0 unspecified atom stereocenters. The van der Waals surface area contributed by atoms with E-state index in [1.807, 2.05) is 0 Å². The van der Waals surface area contributed by atoms with Crippen LogP contribution in [0.4, 0.5) is 13.2 Å². The molecule has 0 aliphatic carbocycles. The monoisotopic (exact) mass is 267 g/mol. The van der Waals surface area contributed by atoms with Gasteiger partial charge in [-0.2, -0.15) is 13.2 Å². The molecule has 3 nitrogen and oxygen atoms in total. The number of aromatic nitrogens is 1. The van der Waals surface area contributed by atoms with Crippen molar-refractivity contribution in [1.29, 1.82) is 0 Å². The van der Waals surface area contributed by atoms with Crippen LogP contribution in [0.25, 0.3) is 11.1 Å². The van der Waals surface area contributed by atoms with Gasteiger partial charge in [0.05, 0.1) is 5.56 Å². The molecule has 0 aliphatic heterocycles. The highest BCUT2D eigenvalue weighted by atomic mass is 19.4. The zero-order valence-corrected chi connectivity index (χ0v) is 9.59. The van der Waals surface area contributed by atoms with E-state index >= 15 is 0 Å². The van der Waals surface area contributed by atoms with Crippen LogP contribution in [-0.2, 0) is 6.18 Å². The fourth-order valence-corrected chi connectivity index (χ4v) is 1.74. The first kappa shape index (κ1) is 13.6. The Hall–Kier alpha value is -1.86. The molecule has 1 aromatic heterocycles. The van der Waals surface area contributed by atoms with E-state index in [0.717, 1.165) is 12.1 Å². The van der Waals surface area contributed by atoms with Gasteiger partial charge in [0.1, 0.15) is 0 Å². The normalized spacial score (nSPS) is 11.4. The molecular formula is C12H9BF3NO2. The van der Waals surface area contributed by atoms with Crippen molar-refractivity contribution in [3.63, 3.8) is 0 Å². The van der Waals surface area contributed by atoms with Gasteiger partial charge >= 0.3 is 13.3 Å². The van der Waals surface area contributed by atoms with Crippen LogP contribution in [0.15, 0.2) is 42.7 Å². The second-order valence-electron chi connectivity index (χ2n) is 3.92. The first-order chi connectivity index (χ1) is 8.89. The summed E-state index contributed by atoms with van der Waals surface area (Å²) in [5.74, 6) is 0. The maximum Gasteiger partial charge on any atom is 0.490 e. The van der Waals surface area contributed by atoms with Crippen LogP contribution in [0.2, 0.25) is 0 Å². The Labute approximate surface area is 107 Å². The standard InChI is InChI=1S/C12H9BF3NO2/c14-12(15,16)9-3-1-2-8(6-9)10-4-5-17-7-11(10)13(18)19/h1-7,18-19H. The number of nitrogens with zero attached hydrogens (tertiary/aromatic N) is 1. The maximum atomic E-state index is 12.6. The zero-order valence-electron chi connectivity index (χ0n) is 9.59. The Morgan fingerprint density at radius 1 is 1.11 bits per heavy atom. The van der Waals surface area contributed by atoms with Crippen LogP contribution >= 0.6 is 0 Å². The van der Waals surface area contributed by atoms with Gasteiger partial charge in [0.15, 0.2) is 0 Å². The Morgan fingerprint density at radius 2 is 1.84 bits per heavy atom. The summed E-state index contributed by atoms with van der Waals surface area (Å²) < 4.78 is 37.9. The molecule has 19 heavy (non-hydrogen) atoms. The lowest BCUT2D eigenvalue weighted by molar-refractivity contribution is -0.137. The number of rotatable bonds is 2. The SMILES string of the molecule is OB(O)c1cnccc1-c1cccc(C(F)(F)F)c1. The quantitative estimate of drug-likeness (QED) is 0.809. The van der Waals surface area contributed by atoms with Gasteiger partial charge in [0, 0.05) is 17.9 Å². The van der Waals surface area contributed by atoms with Crippen molar-refractivity contribution in [3.8, 4) is 11.1 Å². The summed E-state index contributed by atoms with van der Waals surface area (Å²) in [6.45, 7) is 0. The maximum absolute atomic E-state index is 12.6. The van der Waals surface area contributed by atoms with Gasteiger partial charge in [-0.1, -0.05) is 12.1 Å². The minimum atomic E-state index is -4.44. The number of alkyl halides is 3. The Morgan fingerprint density at radius 3 is 2.47 bits per heavy atom. The Balaban J connectivity index is 2.54. The topological polar surface area (TPSA) is 53.4 Å². The summed E-state index contributed by atoms with van der Waals surface area (Å²) in [6, 6.07) is 6.09. The average molecular weight is 267 g/mol. The van der Waals surface area contributed by atoms with Gasteiger partial charge in [-0.3, -0.25) is 4.98 Å². The van der Waals surface area contributed by atoms with E-state index in [2.05, 4.69) is 4.98 Å². The van der Waals surface area contributed by atoms with E-state index in [4.69, 9.17) is 0 Å². The lowest BCUT2D eigenvalue weighted by atomic mass is 9.76. The Kier molecular flexibility index (Phi) is 3.59. The molecule has 0 atom stereocenters. The summed E-state index contributed by atoms with van der Waals surface area (Å²) in [6.07, 6.45) is -1.86. The number of pyridine rings is 1. The lowest BCUT2D eigenvalue weighted by Gasteiger charge is -2.11. The molecule has 0 bridgehead atoms. The summed E-state index contributed by atoms with van der Waals surface area (Å²) in [4.78, 5) is 3.72. The molecule has 0 aliphatic rings. The van der Waals surface area contributed by atoms with Crippen LogP contribution in [0, 0.1) is 0 Å². The van der Waals surface area contributed by atoms with Crippen molar-refractivity contribution in [2.75, 3.05) is 0 Å². The molecule has 2 N–H and O–H groups in total. The lowest BCUT2D eigenvalue weighted by Crippen LogP contribution is -2.32. The van der Waals surface area contributed by atoms with Gasteiger partial charge in [0.25, 0.3) is 0 Å². The molecule has 0 amide bonds. The van der Waals surface area contributed by atoms with E-state index < -0.39 is 18.9 Å².